The first kappa shape index (κ1) is 11.3. The molecule has 3 nitrogen and oxygen atoms in total. The van der Waals surface area contributed by atoms with Crippen molar-refractivity contribution in [2.24, 2.45) is 0 Å². The summed E-state index contributed by atoms with van der Waals surface area (Å²) in [7, 11) is 4.16. The summed E-state index contributed by atoms with van der Waals surface area (Å²) in [6.07, 6.45) is 2.68. The van der Waals surface area contributed by atoms with Crippen molar-refractivity contribution in [1.82, 2.24) is 10.2 Å². The highest BCUT2D eigenvalue weighted by Gasteiger charge is 2.04. The SMILES string of the molecule is CC(Cc1ccco1)NCCN(C)C. The molecule has 1 aromatic rings. The Hall–Kier alpha value is -0.800. The number of nitrogens with one attached hydrogen (secondary N) is 1. The Kier molecular flexibility index (Phi) is 4.70. The summed E-state index contributed by atoms with van der Waals surface area (Å²) in [6.45, 7) is 4.27. The van der Waals surface area contributed by atoms with Crippen molar-refractivity contribution >= 4 is 0 Å². The van der Waals surface area contributed by atoms with Crippen molar-refractivity contribution in [3.63, 3.8) is 0 Å². The van der Waals surface area contributed by atoms with E-state index in [2.05, 4.69) is 31.2 Å². The third kappa shape index (κ3) is 4.44. The van der Waals surface area contributed by atoms with Gasteiger partial charge in [0.05, 0.1) is 6.26 Å². The molecule has 0 saturated carbocycles. The largest absolute Gasteiger partial charge is 0.469 e. The van der Waals surface area contributed by atoms with Crippen LogP contribution in [-0.4, -0.2) is 38.1 Å². The molecular weight excluding hydrogens is 176 g/mol. The van der Waals surface area contributed by atoms with Crippen molar-refractivity contribution in [3.8, 4) is 0 Å². The van der Waals surface area contributed by atoms with E-state index in [9.17, 15) is 0 Å². The first-order chi connectivity index (χ1) is 6.68. The molecule has 0 saturated heterocycles. The van der Waals surface area contributed by atoms with Crippen LogP contribution in [0.5, 0.6) is 0 Å². The Balaban J connectivity index is 2.13. The van der Waals surface area contributed by atoms with Gasteiger partial charge in [0.2, 0.25) is 0 Å². The Morgan fingerprint density at radius 3 is 2.86 bits per heavy atom. The number of hydrogen-bond donors (Lipinski definition) is 1. The van der Waals surface area contributed by atoms with Gasteiger partial charge in [-0.15, -0.1) is 0 Å². The molecule has 0 aromatic carbocycles. The highest BCUT2D eigenvalue weighted by molar-refractivity contribution is 4.99. The summed E-state index contributed by atoms with van der Waals surface area (Å²) >= 11 is 0. The Bertz CT molecular complexity index is 231. The number of hydrogen-bond acceptors (Lipinski definition) is 3. The molecule has 0 spiro atoms. The van der Waals surface area contributed by atoms with Crippen LogP contribution < -0.4 is 5.32 Å². The lowest BCUT2D eigenvalue weighted by Crippen LogP contribution is -2.34. The van der Waals surface area contributed by atoms with E-state index in [0.717, 1.165) is 25.3 Å². The molecular formula is C11H20N2O. The standard InChI is InChI=1S/C11H20N2O/c1-10(12-6-7-13(2)3)9-11-5-4-8-14-11/h4-5,8,10,12H,6-7,9H2,1-3H3. The van der Waals surface area contributed by atoms with Gasteiger partial charge in [-0.25, -0.2) is 0 Å². The highest BCUT2D eigenvalue weighted by Crippen LogP contribution is 2.03. The maximum atomic E-state index is 5.28. The van der Waals surface area contributed by atoms with E-state index in [-0.39, 0.29) is 0 Å². The average Bonchev–Trinajstić information content (AvgIpc) is 2.56. The predicted octanol–water partition coefficient (Wildman–Crippen LogP) is 1.36. The van der Waals surface area contributed by atoms with Crippen LogP contribution in [0.25, 0.3) is 0 Å². The van der Waals surface area contributed by atoms with Gasteiger partial charge in [-0.05, 0) is 33.2 Å². The lowest BCUT2D eigenvalue weighted by atomic mass is 10.2. The van der Waals surface area contributed by atoms with Crippen LogP contribution in [0.1, 0.15) is 12.7 Å². The van der Waals surface area contributed by atoms with Gasteiger partial charge >= 0.3 is 0 Å². The molecule has 1 N–H and O–H groups in total. The molecule has 0 amide bonds. The molecule has 14 heavy (non-hydrogen) atoms. The van der Waals surface area contributed by atoms with E-state index in [1.165, 1.54) is 0 Å². The Morgan fingerprint density at radius 1 is 1.50 bits per heavy atom. The van der Waals surface area contributed by atoms with Crippen LogP contribution in [-0.2, 0) is 6.42 Å². The average molecular weight is 196 g/mol. The van der Waals surface area contributed by atoms with E-state index < -0.39 is 0 Å². The van der Waals surface area contributed by atoms with Crippen molar-refractivity contribution in [1.29, 1.82) is 0 Å². The normalized spacial score (nSPS) is 13.4. The van der Waals surface area contributed by atoms with Crippen molar-refractivity contribution in [2.75, 3.05) is 27.2 Å². The van der Waals surface area contributed by atoms with Gasteiger partial charge < -0.3 is 14.6 Å². The summed E-state index contributed by atoms with van der Waals surface area (Å²) in [6, 6.07) is 4.42. The maximum absolute atomic E-state index is 5.28. The second kappa shape index (κ2) is 5.83. The van der Waals surface area contributed by atoms with Crippen LogP contribution in [0.4, 0.5) is 0 Å². The monoisotopic (exact) mass is 196 g/mol. The second-order valence-corrected chi connectivity index (χ2v) is 3.94. The fraction of sp³-hybridized carbons (Fsp3) is 0.636. The van der Waals surface area contributed by atoms with Gasteiger partial charge in [-0.3, -0.25) is 0 Å². The molecule has 0 aliphatic carbocycles. The van der Waals surface area contributed by atoms with E-state index in [0.29, 0.717) is 6.04 Å². The summed E-state index contributed by atoms with van der Waals surface area (Å²) in [4.78, 5) is 2.17. The van der Waals surface area contributed by atoms with E-state index in [1.807, 2.05) is 12.1 Å². The summed E-state index contributed by atoms with van der Waals surface area (Å²) < 4.78 is 5.28. The lowest BCUT2D eigenvalue weighted by Gasteiger charge is -2.14. The van der Waals surface area contributed by atoms with Crippen LogP contribution in [0.15, 0.2) is 22.8 Å². The second-order valence-electron chi connectivity index (χ2n) is 3.94. The van der Waals surface area contributed by atoms with Crippen LogP contribution in [0.3, 0.4) is 0 Å². The smallest absolute Gasteiger partial charge is 0.105 e. The molecule has 1 unspecified atom stereocenters. The molecule has 0 bridgehead atoms. The minimum atomic E-state index is 0.473. The highest BCUT2D eigenvalue weighted by atomic mass is 16.3. The van der Waals surface area contributed by atoms with Gasteiger partial charge in [0.15, 0.2) is 0 Å². The van der Waals surface area contributed by atoms with Gasteiger partial charge in [-0.2, -0.15) is 0 Å². The van der Waals surface area contributed by atoms with Crippen LogP contribution in [0.2, 0.25) is 0 Å². The van der Waals surface area contributed by atoms with Gasteiger partial charge in [0.1, 0.15) is 5.76 Å². The minimum Gasteiger partial charge on any atom is -0.469 e. The van der Waals surface area contributed by atoms with E-state index in [1.54, 1.807) is 6.26 Å². The predicted molar refractivity (Wildman–Crippen MR) is 58.4 cm³/mol. The zero-order valence-electron chi connectivity index (χ0n) is 9.29. The molecule has 3 heteroatoms. The van der Waals surface area contributed by atoms with E-state index in [4.69, 9.17) is 4.42 Å². The summed E-state index contributed by atoms with van der Waals surface area (Å²) in [5, 5.41) is 3.45. The number of rotatable bonds is 6. The lowest BCUT2D eigenvalue weighted by molar-refractivity contribution is 0.380. The van der Waals surface area contributed by atoms with Crippen LogP contribution in [0, 0.1) is 0 Å². The van der Waals surface area contributed by atoms with E-state index >= 15 is 0 Å². The maximum Gasteiger partial charge on any atom is 0.105 e. The molecule has 1 heterocycles. The zero-order chi connectivity index (χ0) is 10.4. The first-order valence-electron chi connectivity index (χ1n) is 5.09. The molecule has 0 fully saturated rings. The van der Waals surface area contributed by atoms with Crippen molar-refractivity contribution in [2.45, 2.75) is 19.4 Å². The fourth-order valence-corrected chi connectivity index (χ4v) is 1.34. The van der Waals surface area contributed by atoms with Gasteiger partial charge in [0.25, 0.3) is 0 Å². The van der Waals surface area contributed by atoms with Gasteiger partial charge in [-0.1, -0.05) is 0 Å². The molecule has 1 atom stereocenters. The quantitative estimate of drug-likeness (QED) is 0.744. The third-order valence-electron chi connectivity index (χ3n) is 2.14. The fourth-order valence-electron chi connectivity index (χ4n) is 1.34. The van der Waals surface area contributed by atoms with Gasteiger partial charge in [0, 0.05) is 25.6 Å². The molecule has 1 rings (SSSR count). The molecule has 0 aliphatic heterocycles. The first-order valence-corrected chi connectivity index (χ1v) is 5.09. The number of furan rings is 1. The molecule has 80 valence electrons. The molecule has 1 aromatic heterocycles. The topological polar surface area (TPSA) is 28.4 Å². The number of nitrogens with zero attached hydrogens (tertiary/aromatic N) is 1. The molecule has 0 aliphatic rings. The Morgan fingerprint density at radius 2 is 2.29 bits per heavy atom. The number of likely N-dealkylation sites (N-methyl/N-ethyl adjacent to an activating group) is 1. The third-order valence-corrected chi connectivity index (χ3v) is 2.14. The Labute approximate surface area is 86.1 Å². The van der Waals surface area contributed by atoms with Crippen molar-refractivity contribution in [3.05, 3.63) is 24.2 Å². The van der Waals surface area contributed by atoms with Crippen molar-refractivity contribution < 1.29 is 4.42 Å². The summed E-state index contributed by atoms with van der Waals surface area (Å²) in [5.41, 5.74) is 0. The minimum absolute atomic E-state index is 0.473. The zero-order valence-corrected chi connectivity index (χ0v) is 9.29. The van der Waals surface area contributed by atoms with Crippen LogP contribution >= 0.6 is 0 Å². The summed E-state index contributed by atoms with van der Waals surface area (Å²) in [5.74, 6) is 1.05. The molecule has 0 radical (unpaired) electrons.